The van der Waals surface area contributed by atoms with Crippen LogP contribution in [0.1, 0.15) is 20.8 Å². The smallest absolute Gasteiger partial charge is 0.177 e. The number of rotatable bonds is 4. The van der Waals surface area contributed by atoms with Crippen LogP contribution in [-0.2, 0) is 12.8 Å². The van der Waals surface area contributed by atoms with E-state index in [1.165, 1.54) is 29.5 Å². The second kappa shape index (κ2) is 8.28. The van der Waals surface area contributed by atoms with E-state index in [9.17, 15) is 13.6 Å². The van der Waals surface area contributed by atoms with E-state index >= 15 is 0 Å². The van der Waals surface area contributed by atoms with Crippen molar-refractivity contribution in [3.63, 3.8) is 0 Å². The number of Topliss-reactive ketones (excluding diaryl/α,β-unsaturated/α-hetero) is 1. The van der Waals surface area contributed by atoms with Crippen molar-refractivity contribution in [3.8, 4) is 21.6 Å². The summed E-state index contributed by atoms with van der Waals surface area (Å²) in [6.45, 7) is 0.818. The van der Waals surface area contributed by atoms with Crippen LogP contribution < -0.4 is 4.90 Å². The molecule has 0 amide bonds. The molecule has 0 fully saturated rings. The Hall–Kier alpha value is -3.38. The monoisotopic (exact) mass is 446 g/mol. The van der Waals surface area contributed by atoms with Gasteiger partial charge in [-0.15, -0.1) is 11.3 Å². The molecule has 2 aromatic heterocycles. The van der Waals surface area contributed by atoms with Crippen molar-refractivity contribution in [2.75, 3.05) is 18.5 Å². The molecule has 6 heteroatoms. The molecular weight excluding hydrogens is 426 g/mol. The number of carbonyl (C=O) groups is 1. The summed E-state index contributed by atoms with van der Waals surface area (Å²) in [6, 6.07) is 15.8. The van der Waals surface area contributed by atoms with Gasteiger partial charge < -0.3 is 4.90 Å². The van der Waals surface area contributed by atoms with Crippen LogP contribution in [0.3, 0.4) is 0 Å². The standard InChI is InChI=1S/C26H20F2N2OS/c1-30-11-9-17-13-25(24(31)14-19-21(27)5-2-6-22(19)28)32-26(17)20-12-16(7-8-23(20)30)18-4-3-10-29-15-18/h2-8,10,12-13,15H,9,11,14H2,1H3. The maximum absolute atomic E-state index is 14.1. The lowest BCUT2D eigenvalue weighted by Crippen LogP contribution is -2.19. The van der Waals surface area contributed by atoms with Crippen molar-refractivity contribution in [3.05, 3.63) is 94.6 Å². The molecule has 0 spiro atoms. The molecule has 2 aromatic carbocycles. The van der Waals surface area contributed by atoms with Gasteiger partial charge in [0, 0.05) is 59.7 Å². The predicted molar refractivity (Wildman–Crippen MR) is 124 cm³/mol. The Kier molecular flexibility index (Phi) is 5.31. The highest BCUT2D eigenvalue weighted by Gasteiger charge is 2.24. The average molecular weight is 447 g/mol. The largest absolute Gasteiger partial charge is 0.374 e. The third-order valence-electron chi connectivity index (χ3n) is 5.85. The number of thiophene rings is 1. The van der Waals surface area contributed by atoms with E-state index in [0.717, 1.165) is 45.8 Å². The van der Waals surface area contributed by atoms with Crippen molar-refractivity contribution < 1.29 is 13.6 Å². The van der Waals surface area contributed by atoms with Crippen LogP contribution in [0.4, 0.5) is 14.5 Å². The number of hydrogen-bond acceptors (Lipinski definition) is 4. The summed E-state index contributed by atoms with van der Waals surface area (Å²) < 4.78 is 28.1. The normalized spacial score (nSPS) is 12.8. The van der Waals surface area contributed by atoms with E-state index in [4.69, 9.17) is 0 Å². The van der Waals surface area contributed by atoms with Crippen LogP contribution in [0.2, 0.25) is 0 Å². The number of aromatic nitrogens is 1. The minimum atomic E-state index is -0.690. The fraction of sp³-hybridized carbons (Fsp3) is 0.154. The number of pyridine rings is 1. The van der Waals surface area contributed by atoms with Gasteiger partial charge in [0.25, 0.3) is 0 Å². The summed E-state index contributed by atoms with van der Waals surface area (Å²) in [4.78, 5) is 20.9. The first-order chi connectivity index (χ1) is 15.5. The van der Waals surface area contributed by atoms with Crippen LogP contribution in [-0.4, -0.2) is 24.4 Å². The first-order valence-electron chi connectivity index (χ1n) is 10.4. The average Bonchev–Trinajstić information content (AvgIpc) is 3.19. The molecule has 0 unspecified atom stereocenters. The second-order valence-corrected chi connectivity index (χ2v) is 8.96. The molecule has 160 valence electrons. The van der Waals surface area contributed by atoms with Gasteiger partial charge in [-0.25, -0.2) is 8.78 Å². The van der Waals surface area contributed by atoms with Gasteiger partial charge in [-0.1, -0.05) is 18.2 Å². The minimum Gasteiger partial charge on any atom is -0.374 e. The summed E-state index contributed by atoms with van der Waals surface area (Å²) in [5, 5.41) is 0. The summed E-state index contributed by atoms with van der Waals surface area (Å²) in [7, 11) is 2.06. The molecule has 0 N–H and O–H groups in total. The molecular formula is C26H20F2N2OS. The third-order valence-corrected chi connectivity index (χ3v) is 7.10. The van der Waals surface area contributed by atoms with Gasteiger partial charge in [-0.3, -0.25) is 9.78 Å². The number of halogens is 2. The minimum absolute atomic E-state index is 0.180. The van der Waals surface area contributed by atoms with Crippen LogP contribution in [0.25, 0.3) is 21.6 Å². The molecule has 0 saturated heterocycles. The molecule has 4 aromatic rings. The Morgan fingerprint density at radius 3 is 2.62 bits per heavy atom. The second-order valence-electron chi connectivity index (χ2n) is 7.91. The van der Waals surface area contributed by atoms with Crippen molar-refractivity contribution >= 4 is 22.8 Å². The van der Waals surface area contributed by atoms with Gasteiger partial charge in [0.2, 0.25) is 0 Å². The topological polar surface area (TPSA) is 33.2 Å². The van der Waals surface area contributed by atoms with Crippen LogP contribution in [0, 0.1) is 11.6 Å². The molecule has 0 aliphatic carbocycles. The number of anilines is 1. The Bertz CT molecular complexity index is 1300. The Morgan fingerprint density at radius 2 is 1.88 bits per heavy atom. The van der Waals surface area contributed by atoms with Gasteiger partial charge in [-0.05, 0) is 53.9 Å². The zero-order valence-electron chi connectivity index (χ0n) is 17.4. The zero-order valence-corrected chi connectivity index (χ0v) is 18.3. The highest BCUT2D eigenvalue weighted by atomic mass is 32.1. The van der Waals surface area contributed by atoms with Crippen molar-refractivity contribution in [2.45, 2.75) is 12.8 Å². The van der Waals surface area contributed by atoms with E-state index in [0.29, 0.717) is 4.88 Å². The summed E-state index contributed by atoms with van der Waals surface area (Å²) >= 11 is 1.40. The number of hydrogen-bond donors (Lipinski definition) is 0. The highest BCUT2D eigenvalue weighted by Crippen LogP contribution is 2.43. The fourth-order valence-electron chi connectivity index (χ4n) is 4.10. The molecule has 3 nitrogen and oxygen atoms in total. The lowest BCUT2D eigenvalue weighted by molar-refractivity contribution is 0.0994. The van der Waals surface area contributed by atoms with E-state index in [-0.39, 0.29) is 17.8 Å². The van der Waals surface area contributed by atoms with Crippen LogP contribution >= 0.6 is 11.3 Å². The molecule has 1 aliphatic heterocycles. The quantitative estimate of drug-likeness (QED) is 0.351. The number of carbonyl (C=O) groups excluding carboxylic acids is 1. The van der Waals surface area contributed by atoms with Crippen molar-refractivity contribution in [1.29, 1.82) is 0 Å². The van der Waals surface area contributed by atoms with Crippen LogP contribution in [0.5, 0.6) is 0 Å². The van der Waals surface area contributed by atoms with E-state index in [1.807, 2.05) is 24.4 Å². The third kappa shape index (κ3) is 3.71. The summed E-state index contributed by atoms with van der Waals surface area (Å²) in [6.07, 6.45) is 4.07. The molecule has 0 atom stereocenters. The maximum atomic E-state index is 14.1. The molecule has 3 heterocycles. The zero-order chi connectivity index (χ0) is 22.2. The summed E-state index contributed by atoms with van der Waals surface area (Å²) in [5.74, 6) is -1.65. The fourth-order valence-corrected chi connectivity index (χ4v) is 5.27. The lowest BCUT2D eigenvalue weighted by atomic mass is 10.0. The lowest BCUT2D eigenvalue weighted by Gasteiger charge is -2.20. The first kappa shape index (κ1) is 20.5. The van der Waals surface area contributed by atoms with Crippen molar-refractivity contribution in [1.82, 2.24) is 4.98 Å². The van der Waals surface area contributed by atoms with E-state index < -0.39 is 11.6 Å². The Morgan fingerprint density at radius 1 is 1.06 bits per heavy atom. The number of benzene rings is 2. The van der Waals surface area contributed by atoms with E-state index in [1.54, 1.807) is 6.20 Å². The SMILES string of the molecule is CN1CCc2cc(C(=O)Cc3c(F)cccc3F)sc2-c2cc(-c3cccnc3)ccc21. The maximum Gasteiger partial charge on any atom is 0.177 e. The predicted octanol–water partition coefficient (Wildman–Crippen LogP) is 6.17. The highest BCUT2D eigenvalue weighted by molar-refractivity contribution is 7.17. The Labute approximate surface area is 189 Å². The van der Waals surface area contributed by atoms with Gasteiger partial charge in [0.15, 0.2) is 5.78 Å². The first-order valence-corrected chi connectivity index (χ1v) is 11.2. The number of likely N-dealkylation sites (N-methyl/N-ethyl adjacent to an activating group) is 1. The number of nitrogens with zero attached hydrogens (tertiary/aromatic N) is 2. The molecule has 0 radical (unpaired) electrons. The number of fused-ring (bicyclic) bond motifs is 3. The van der Waals surface area contributed by atoms with E-state index in [2.05, 4.69) is 35.1 Å². The molecule has 1 aliphatic rings. The van der Waals surface area contributed by atoms with Gasteiger partial charge >= 0.3 is 0 Å². The molecule has 32 heavy (non-hydrogen) atoms. The molecule has 0 bridgehead atoms. The van der Waals surface area contributed by atoms with Crippen molar-refractivity contribution in [2.24, 2.45) is 0 Å². The number of ketones is 1. The van der Waals surface area contributed by atoms with Gasteiger partial charge in [0.05, 0.1) is 4.88 Å². The molecule has 5 rings (SSSR count). The van der Waals surface area contributed by atoms with Gasteiger partial charge in [0.1, 0.15) is 11.6 Å². The van der Waals surface area contributed by atoms with Gasteiger partial charge in [-0.2, -0.15) is 0 Å². The molecule has 0 saturated carbocycles. The van der Waals surface area contributed by atoms with Crippen LogP contribution in [0.15, 0.2) is 67.0 Å². The Balaban J connectivity index is 1.55. The summed E-state index contributed by atoms with van der Waals surface area (Å²) in [5.41, 5.74) is 5.13.